The third-order valence-electron chi connectivity index (χ3n) is 3.38. The van der Waals surface area contributed by atoms with Crippen LogP contribution in [0.3, 0.4) is 0 Å². The van der Waals surface area contributed by atoms with Crippen molar-refractivity contribution in [2.75, 3.05) is 13.7 Å². The highest BCUT2D eigenvalue weighted by Crippen LogP contribution is 2.29. The van der Waals surface area contributed by atoms with E-state index in [1.807, 2.05) is 30.3 Å². The summed E-state index contributed by atoms with van der Waals surface area (Å²) in [4.78, 5) is 16.1. The summed E-state index contributed by atoms with van der Waals surface area (Å²) in [5, 5.41) is 13.3. The Balaban J connectivity index is 2.02. The monoisotopic (exact) mass is 494 g/mol. The average molecular weight is 496 g/mol. The summed E-state index contributed by atoms with van der Waals surface area (Å²) in [6.07, 6.45) is 1.52. The molecule has 1 heterocycles. The van der Waals surface area contributed by atoms with Crippen molar-refractivity contribution in [3.63, 3.8) is 0 Å². The normalized spacial score (nSPS) is 10.6. The van der Waals surface area contributed by atoms with Crippen LogP contribution in [-0.4, -0.2) is 30.8 Å². The van der Waals surface area contributed by atoms with Crippen molar-refractivity contribution in [3.05, 3.63) is 55.6 Å². The first-order valence-corrected chi connectivity index (χ1v) is 9.33. The zero-order valence-electron chi connectivity index (χ0n) is 14.6. The number of carbonyl (C=O) groups is 1. The summed E-state index contributed by atoms with van der Waals surface area (Å²) in [6, 6.07) is 9.48. The molecule has 9 heteroatoms. The Labute approximate surface area is 173 Å². The van der Waals surface area contributed by atoms with E-state index < -0.39 is 5.91 Å². The Morgan fingerprint density at radius 2 is 2.07 bits per heavy atom. The highest BCUT2D eigenvalue weighted by molar-refractivity contribution is 9.10. The molecular weight excluding hydrogens is 480 g/mol. The average Bonchev–Trinajstić information content (AvgIpc) is 2.65. The van der Waals surface area contributed by atoms with Gasteiger partial charge in [-0.15, -0.1) is 0 Å². The third-order valence-corrected chi connectivity index (χ3v) is 4.96. The van der Waals surface area contributed by atoms with Gasteiger partial charge in [0.2, 0.25) is 5.88 Å². The molecule has 0 saturated carbocycles. The summed E-state index contributed by atoms with van der Waals surface area (Å²) in [5.74, 6) is -0.389. The van der Waals surface area contributed by atoms with Gasteiger partial charge in [-0.2, -0.15) is 10.4 Å². The Morgan fingerprint density at radius 1 is 1.37 bits per heavy atom. The second-order valence-corrected chi connectivity index (χ2v) is 7.06. The number of hydrogen-bond acceptors (Lipinski definition) is 6. The molecule has 1 aromatic heterocycles. The maximum Gasteiger partial charge on any atom is 0.278 e. The van der Waals surface area contributed by atoms with Crippen molar-refractivity contribution in [2.24, 2.45) is 5.10 Å². The molecule has 140 valence electrons. The number of carbonyl (C=O) groups excluding carboxylic acids is 1. The predicted octanol–water partition coefficient (Wildman–Crippen LogP) is 3.46. The Morgan fingerprint density at radius 3 is 2.70 bits per heavy atom. The lowest BCUT2D eigenvalue weighted by molar-refractivity contribution is -0.123. The molecule has 0 unspecified atom stereocenters. The fourth-order valence-electron chi connectivity index (χ4n) is 2.11. The molecule has 1 N–H and O–H groups in total. The molecule has 2 aromatic rings. The minimum absolute atomic E-state index is 0.0808. The van der Waals surface area contributed by atoms with E-state index in [1.54, 1.807) is 6.92 Å². The number of nitrogens with zero attached hydrogens (tertiary/aromatic N) is 3. The molecule has 0 saturated heterocycles. The Kier molecular flexibility index (Phi) is 7.91. The van der Waals surface area contributed by atoms with E-state index in [9.17, 15) is 10.1 Å². The number of hydrogen-bond donors (Lipinski definition) is 1. The minimum atomic E-state index is -0.470. The molecule has 7 nitrogen and oxygen atoms in total. The molecule has 0 spiro atoms. The van der Waals surface area contributed by atoms with Crippen molar-refractivity contribution in [3.8, 4) is 11.9 Å². The van der Waals surface area contributed by atoms with Crippen molar-refractivity contribution in [2.45, 2.75) is 13.5 Å². The number of benzene rings is 1. The number of nitriles is 1. The number of amides is 1. The maximum absolute atomic E-state index is 11.9. The van der Waals surface area contributed by atoms with E-state index in [0.717, 1.165) is 10.0 Å². The number of hydrazone groups is 1. The number of methoxy groups -OCH3 is 1. The van der Waals surface area contributed by atoms with Gasteiger partial charge < -0.3 is 9.47 Å². The van der Waals surface area contributed by atoms with Crippen LogP contribution in [0.25, 0.3) is 0 Å². The lowest BCUT2D eigenvalue weighted by atomic mass is 10.1. The van der Waals surface area contributed by atoms with Gasteiger partial charge in [-0.05, 0) is 40.5 Å². The zero-order chi connectivity index (χ0) is 19.8. The van der Waals surface area contributed by atoms with E-state index in [1.165, 1.54) is 13.3 Å². The minimum Gasteiger partial charge on any atom is -0.467 e. The molecule has 1 aromatic carbocycles. The quantitative estimate of drug-likeness (QED) is 0.468. The highest BCUT2D eigenvalue weighted by atomic mass is 79.9. The van der Waals surface area contributed by atoms with Gasteiger partial charge in [0.05, 0.1) is 18.5 Å². The second kappa shape index (κ2) is 10.2. The van der Waals surface area contributed by atoms with Crippen LogP contribution in [0.2, 0.25) is 0 Å². The zero-order valence-corrected chi connectivity index (χ0v) is 17.8. The fraction of sp³-hybridized carbons (Fsp3) is 0.222. The van der Waals surface area contributed by atoms with Gasteiger partial charge in [0.25, 0.3) is 5.91 Å². The molecule has 0 bridgehead atoms. The van der Waals surface area contributed by atoms with Gasteiger partial charge in [-0.1, -0.05) is 28.1 Å². The first kappa shape index (κ1) is 21.0. The van der Waals surface area contributed by atoms with Crippen LogP contribution in [0, 0.1) is 18.3 Å². The summed E-state index contributed by atoms with van der Waals surface area (Å²) >= 11 is 6.74. The van der Waals surface area contributed by atoms with Crippen LogP contribution < -0.4 is 10.2 Å². The molecular formula is C18H16Br2N4O3. The van der Waals surface area contributed by atoms with E-state index >= 15 is 0 Å². The van der Waals surface area contributed by atoms with Crippen LogP contribution in [0.1, 0.15) is 22.4 Å². The van der Waals surface area contributed by atoms with Crippen LogP contribution in [0.4, 0.5) is 0 Å². The number of aromatic nitrogens is 1. The number of halogens is 2. The van der Waals surface area contributed by atoms with Gasteiger partial charge in [0.1, 0.15) is 11.6 Å². The lowest BCUT2D eigenvalue weighted by Crippen LogP contribution is -2.25. The van der Waals surface area contributed by atoms with Crippen molar-refractivity contribution in [1.82, 2.24) is 10.4 Å². The summed E-state index contributed by atoms with van der Waals surface area (Å²) in [5.41, 5.74) is 4.68. The van der Waals surface area contributed by atoms with Crippen LogP contribution in [-0.2, 0) is 16.1 Å². The molecule has 0 fully saturated rings. The molecule has 0 aliphatic carbocycles. The lowest BCUT2D eigenvalue weighted by Gasteiger charge is -2.13. The number of aryl methyl sites for hydroxylation is 1. The van der Waals surface area contributed by atoms with Gasteiger partial charge in [0.15, 0.2) is 6.61 Å². The molecule has 0 atom stereocenters. The van der Waals surface area contributed by atoms with E-state index in [0.29, 0.717) is 15.7 Å². The van der Waals surface area contributed by atoms with Gasteiger partial charge >= 0.3 is 0 Å². The third kappa shape index (κ3) is 5.85. The Bertz CT molecular complexity index is 893. The number of nitrogens with one attached hydrogen (secondary N) is 1. The smallest absolute Gasteiger partial charge is 0.278 e. The van der Waals surface area contributed by atoms with Gasteiger partial charge in [-0.25, -0.2) is 10.4 Å². The standard InChI is InChI=1S/C18H16Br2N4O3/c1-11-17(20)15(9-26-2)14(7-21)18(23-11)27-10-16(25)24-22-8-12-3-5-13(19)6-4-12/h3-6,8H,9-10H2,1-2H3,(H,24,25)/b22-8+. The molecule has 2 rings (SSSR count). The number of ether oxygens (including phenoxy) is 2. The molecule has 0 aliphatic heterocycles. The first-order valence-electron chi connectivity index (χ1n) is 7.74. The van der Waals surface area contributed by atoms with E-state index in [2.05, 4.69) is 47.4 Å². The Hall–Kier alpha value is -2.28. The van der Waals surface area contributed by atoms with Gasteiger partial charge in [0, 0.05) is 21.6 Å². The van der Waals surface area contributed by atoms with Crippen molar-refractivity contribution < 1.29 is 14.3 Å². The largest absolute Gasteiger partial charge is 0.467 e. The van der Waals surface area contributed by atoms with Crippen molar-refractivity contribution >= 4 is 44.0 Å². The van der Waals surface area contributed by atoms with E-state index in [4.69, 9.17) is 9.47 Å². The molecule has 1 amide bonds. The summed E-state index contributed by atoms with van der Waals surface area (Å²) < 4.78 is 12.2. The van der Waals surface area contributed by atoms with Crippen LogP contribution >= 0.6 is 31.9 Å². The predicted molar refractivity (Wildman–Crippen MR) is 107 cm³/mol. The highest BCUT2D eigenvalue weighted by Gasteiger charge is 2.18. The molecule has 27 heavy (non-hydrogen) atoms. The number of pyridine rings is 1. The summed E-state index contributed by atoms with van der Waals surface area (Å²) in [7, 11) is 1.53. The van der Waals surface area contributed by atoms with Gasteiger partial charge in [-0.3, -0.25) is 4.79 Å². The topological polar surface area (TPSA) is 96.6 Å². The SMILES string of the molecule is COCc1c(Br)c(C)nc(OCC(=O)N/N=C/c2ccc(Br)cc2)c1C#N. The summed E-state index contributed by atoms with van der Waals surface area (Å²) in [6.45, 7) is 1.65. The van der Waals surface area contributed by atoms with Crippen LogP contribution in [0.5, 0.6) is 5.88 Å². The second-order valence-electron chi connectivity index (χ2n) is 5.35. The van der Waals surface area contributed by atoms with E-state index in [-0.39, 0.29) is 24.7 Å². The molecule has 0 aliphatic rings. The maximum atomic E-state index is 11.9. The number of rotatable bonds is 7. The van der Waals surface area contributed by atoms with Crippen molar-refractivity contribution in [1.29, 1.82) is 5.26 Å². The fourth-order valence-corrected chi connectivity index (χ4v) is 2.77. The first-order chi connectivity index (χ1) is 13.0. The molecule has 0 radical (unpaired) electrons. The van der Waals surface area contributed by atoms with Crippen LogP contribution in [0.15, 0.2) is 38.3 Å².